The summed E-state index contributed by atoms with van der Waals surface area (Å²) in [6.45, 7) is 4.75. The standard InChI is InChI=1S/C12H19N3O2/c1-3-10-5-11(14(2)13-10)8-15-6-9(7-15)4-12(16)17/h5,9H,3-4,6-8H2,1-2H3,(H,16,17). The van der Waals surface area contributed by atoms with Crippen LogP contribution in [0, 0.1) is 5.92 Å². The highest BCUT2D eigenvalue weighted by Gasteiger charge is 2.28. The third-order valence-electron chi connectivity index (χ3n) is 3.27. The van der Waals surface area contributed by atoms with Crippen LogP contribution >= 0.6 is 0 Å². The zero-order valence-corrected chi connectivity index (χ0v) is 10.4. The van der Waals surface area contributed by atoms with Crippen molar-refractivity contribution in [1.82, 2.24) is 14.7 Å². The van der Waals surface area contributed by atoms with Gasteiger partial charge in [-0.1, -0.05) is 6.92 Å². The van der Waals surface area contributed by atoms with Crippen molar-refractivity contribution in [2.75, 3.05) is 13.1 Å². The molecule has 1 aliphatic heterocycles. The van der Waals surface area contributed by atoms with Gasteiger partial charge < -0.3 is 5.11 Å². The first-order chi connectivity index (χ1) is 8.08. The largest absolute Gasteiger partial charge is 0.481 e. The number of aromatic nitrogens is 2. The Labute approximate surface area is 101 Å². The van der Waals surface area contributed by atoms with Crippen molar-refractivity contribution >= 4 is 5.97 Å². The number of nitrogens with zero attached hydrogens (tertiary/aromatic N) is 3. The van der Waals surface area contributed by atoms with Crippen molar-refractivity contribution in [3.05, 3.63) is 17.5 Å². The summed E-state index contributed by atoms with van der Waals surface area (Å²) in [5.41, 5.74) is 2.32. The second-order valence-electron chi connectivity index (χ2n) is 4.76. The Morgan fingerprint density at radius 2 is 2.29 bits per heavy atom. The summed E-state index contributed by atoms with van der Waals surface area (Å²) in [4.78, 5) is 12.8. The first-order valence-corrected chi connectivity index (χ1v) is 6.04. The second-order valence-corrected chi connectivity index (χ2v) is 4.76. The molecule has 2 rings (SSSR count). The van der Waals surface area contributed by atoms with E-state index in [4.69, 9.17) is 5.11 Å². The summed E-state index contributed by atoms with van der Waals surface area (Å²) in [6, 6.07) is 2.13. The van der Waals surface area contributed by atoms with E-state index in [-0.39, 0.29) is 0 Å². The molecule has 17 heavy (non-hydrogen) atoms. The van der Waals surface area contributed by atoms with E-state index in [0.717, 1.165) is 31.7 Å². The number of aliphatic carboxylic acids is 1. The van der Waals surface area contributed by atoms with Gasteiger partial charge >= 0.3 is 5.97 Å². The smallest absolute Gasteiger partial charge is 0.303 e. The molecule has 94 valence electrons. The summed E-state index contributed by atoms with van der Waals surface area (Å²) >= 11 is 0. The fourth-order valence-electron chi connectivity index (χ4n) is 2.30. The fourth-order valence-corrected chi connectivity index (χ4v) is 2.30. The van der Waals surface area contributed by atoms with E-state index in [1.165, 1.54) is 5.69 Å². The minimum Gasteiger partial charge on any atom is -0.481 e. The van der Waals surface area contributed by atoms with Crippen molar-refractivity contribution in [1.29, 1.82) is 0 Å². The van der Waals surface area contributed by atoms with Gasteiger partial charge in [0.05, 0.1) is 17.8 Å². The van der Waals surface area contributed by atoms with E-state index in [1.54, 1.807) is 0 Å². The van der Waals surface area contributed by atoms with Gasteiger partial charge in [-0.3, -0.25) is 14.4 Å². The predicted octanol–water partition coefficient (Wildman–Crippen LogP) is 0.889. The Morgan fingerprint density at radius 3 is 2.82 bits per heavy atom. The molecule has 5 heteroatoms. The third-order valence-corrected chi connectivity index (χ3v) is 3.27. The number of carboxylic acid groups (broad SMARTS) is 1. The van der Waals surface area contributed by atoms with Gasteiger partial charge in [-0.05, 0) is 18.4 Å². The van der Waals surface area contributed by atoms with Gasteiger partial charge in [0, 0.05) is 26.7 Å². The van der Waals surface area contributed by atoms with Crippen LogP contribution in [0.3, 0.4) is 0 Å². The molecule has 1 fully saturated rings. The van der Waals surface area contributed by atoms with E-state index in [1.807, 2.05) is 11.7 Å². The average molecular weight is 237 g/mol. The SMILES string of the molecule is CCc1cc(CN2CC(CC(=O)O)C2)n(C)n1. The molecule has 1 aliphatic rings. The molecule has 0 atom stereocenters. The minimum absolute atomic E-state index is 0.294. The summed E-state index contributed by atoms with van der Waals surface area (Å²) in [5.74, 6) is -0.366. The zero-order valence-electron chi connectivity index (χ0n) is 10.4. The van der Waals surface area contributed by atoms with E-state index >= 15 is 0 Å². The number of carboxylic acids is 1. The Hall–Kier alpha value is -1.36. The molecule has 1 saturated heterocycles. The Bertz CT molecular complexity index is 408. The van der Waals surface area contributed by atoms with E-state index in [0.29, 0.717) is 12.3 Å². The molecule has 0 saturated carbocycles. The molecule has 0 radical (unpaired) electrons. The molecule has 1 aromatic rings. The van der Waals surface area contributed by atoms with Gasteiger partial charge in [-0.15, -0.1) is 0 Å². The number of hydrogen-bond acceptors (Lipinski definition) is 3. The Kier molecular flexibility index (Phi) is 3.47. The van der Waals surface area contributed by atoms with Crippen LogP contribution in [0.4, 0.5) is 0 Å². The lowest BCUT2D eigenvalue weighted by Gasteiger charge is -2.38. The molecule has 0 bridgehead atoms. The van der Waals surface area contributed by atoms with Crippen LogP contribution in [-0.2, 0) is 24.8 Å². The maximum Gasteiger partial charge on any atom is 0.303 e. The summed E-state index contributed by atoms with van der Waals surface area (Å²) < 4.78 is 1.92. The highest BCUT2D eigenvalue weighted by molar-refractivity contribution is 5.67. The molecule has 2 heterocycles. The molecule has 0 amide bonds. The van der Waals surface area contributed by atoms with Crippen molar-refractivity contribution < 1.29 is 9.90 Å². The highest BCUT2D eigenvalue weighted by Crippen LogP contribution is 2.21. The minimum atomic E-state index is -0.691. The molecule has 0 unspecified atom stereocenters. The predicted molar refractivity (Wildman–Crippen MR) is 63.6 cm³/mol. The highest BCUT2D eigenvalue weighted by atomic mass is 16.4. The van der Waals surface area contributed by atoms with Crippen LogP contribution in [0.2, 0.25) is 0 Å². The van der Waals surface area contributed by atoms with Crippen LogP contribution in [-0.4, -0.2) is 38.8 Å². The van der Waals surface area contributed by atoms with Crippen molar-refractivity contribution in [3.8, 4) is 0 Å². The average Bonchev–Trinajstić information content (AvgIpc) is 2.56. The van der Waals surface area contributed by atoms with Crippen molar-refractivity contribution in [2.24, 2.45) is 13.0 Å². The molecule has 1 aromatic heterocycles. The first-order valence-electron chi connectivity index (χ1n) is 6.04. The lowest BCUT2D eigenvalue weighted by molar-refractivity contribution is -0.139. The lowest BCUT2D eigenvalue weighted by atomic mass is 9.96. The second kappa shape index (κ2) is 4.87. The van der Waals surface area contributed by atoms with Crippen LogP contribution in [0.25, 0.3) is 0 Å². The number of aryl methyl sites for hydroxylation is 2. The number of rotatable bonds is 5. The number of likely N-dealkylation sites (tertiary alicyclic amines) is 1. The van der Waals surface area contributed by atoms with Crippen LogP contribution in [0.15, 0.2) is 6.07 Å². The van der Waals surface area contributed by atoms with E-state index in [2.05, 4.69) is 23.0 Å². The molecule has 0 aliphatic carbocycles. The zero-order chi connectivity index (χ0) is 12.4. The number of carbonyl (C=O) groups is 1. The van der Waals surface area contributed by atoms with Gasteiger partial charge in [-0.25, -0.2) is 0 Å². The summed E-state index contributed by atoms with van der Waals surface area (Å²) in [5, 5.41) is 13.1. The van der Waals surface area contributed by atoms with Gasteiger partial charge in [0.1, 0.15) is 0 Å². The van der Waals surface area contributed by atoms with Crippen LogP contribution in [0.5, 0.6) is 0 Å². The molecule has 1 N–H and O–H groups in total. The Balaban J connectivity index is 1.83. The molecule has 5 nitrogen and oxygen atoms in total. The van der Waals surface area contributed by atoms with Crippen molar-refractivity contribution in [3.63, 3.8) is 0 Å². The quantitative estimate of drug-likeness (QED) is 0.826. The summed E-state index contributed by atoms with van der Waals surface area (Å²) in [7, 11) is 1.96. The molecule has 0 aromatic carbocycles. The normalized spacial score (nSPS) is 17.1. The third kappa shape index (κ3) is 2.85. The van der Waals surface area contributed by atoms with Gasteiger partial charge in [0.15, 0.2) is 0 Å². The van der Waals surface area contributed by atoms with Gasteiger partial charge in [0.2, 0.25) is 0 Å². The monoisotopic (exact) mass is 237 g/mol. The Morgan fingerprint density at radius 1 is 1.59 bits per heavy atom. The topological polar surface area (TPSA) is 58.4 Å². The molecule has 0 spiro atoms. The first kappa shape index (κ1) is 12.1. The maximum atomic E-state index is 10.5. The fraction of sp³-hybridized carbons (Fsp3) is 0.667. The van der Waals surface area contributed by atoms with Gasteiger partial charge in [0.25, 0.3) is 0 Å². The lowest BCUT2D eigenvalue weighted by Crippen LogP contribution is -2.46. The van der Waals surface area contributed by atoms with E-state index < -0.39 is 5.97 Å². The van der Waals surface area contributed by atoms with E-state index in [9.17, 15) is 4.79 Å². The molecular weight excluding hydrogens is 218 g/mol. The van der Waals surface area contributed by atoms with Crippen molar-refractivity contribution in [2.45, 2.75) is 26.3 Å². The summed E-state index contributed by atoms with van der Waals surface area (Å²) in [6.07, 6.45) is 1.25. The number of hydrogen-bond donors (Lipinski definition) is 1. The van der Waals surface area contributed by atoms with Crippen LogP contribution < -0.4 is 0 Å². The van der Waals surface area contributed by atoms with Crippen LogP contribution in [0.1, 0.15) is 24.7 Å². The maximum absolute atomic E-state index is 10.5. The van der Waals surface area contributed by atoms with Gasteiger partial charge in [-0.2, -0.15) is 5.10 Å². The molecular formula is C12H19N3O2.